The lowest BCUT2D eigenvalue weighted by Crippen LogP contribution is -2.47. The summed E-state index contributed by atoms with van der Waals surface area (Å²) in [6.45, 7) is 1.50. The van der Waals surface area contributed by atoms with Gasteiger partial charge in [0.2, 0.25) is 11.8 Å². The second-order valence-electron chi connectivity index (χ2n) is 9.53. The van der Waals surface area contributed by atoms with E-state index in [1.165, 1.54) is 12.0 Å². The molecule has 11 heteroatoms. The summed E-state index contributed by atoms with van der Waals surface area (Å²) in [5, 5.41) is 7.53. The lowest BCUT2D eigenvalue weighted by molar-refractivity contribution is -0.146. The molecule has 11 nitrogen and oxygen atoms in total. The van der Waals surface area contributed by atoms with Crippen molar-refractivity contribution in [2.45, 2.75) is 18.9 Å². The maximum Gasteiger partial charge on any atom is 0.306 e. The normalized spacial score (nSPS) is 16.6. The van der Waals surface area contributed by atoms with E-state index in [0.717, 1.165) is 11.1 Å². The third-order valence-corrected chi connectivity index (χ3v) is 6.89. The Balaban J connectivity index is 1.69. The smallest absolute Gasteiger partial charge is 0.306 e. The first kappa shape index (κ1) is 30.6. The Hall–Kier alpha value is -3.96. The molecule has 0 spiro atoms. The number of amidine groups is 1. The van der Waals surface area contributed by atoms with Gasteiger partial charge < -0.3 is 34.5 Å². The van der Waals surface area contributed by atoms with Gasteiger partial charge in [-0.3, -0.25) is 19.8 Å². The van der Waals surface area contributed by atoms with E-state index < -0.39 is 17.9 Å². The van der Waals surface area contributed by atoms with Gasteiger partial charge in [0.15, 0.2) is 0 Å². The van der Waals surface area contributed by atoms with Crippen LogP contribution in [0, 0.1) is 11.3 Å². The number of nitrogens with zero attached hydrogens (tertiary/aromatic N) is 2. The molecule has 2 amide bonds. The van der Waals surface area contributed by atoms with Crippen molar-refractivity contribution in [2.24, 2.45) is 11.7 Å². The summed E-state index contributed by atoms with van der Waals surface area (Å²) in [7, 11) is 4.41. The number of esters is 1. The number of nitrogens with two attached hydrogens (primary N) is 1. The van der Waals surface area contributed by atoms with Crippen molar-refractivity contribution in [1.29, 1.82) is 5.41 Å². The molecule has 0 aliphatic carbocycles. The van der Waals surface area contributed by atoms with Crippen molar-refractivity contribution < 1.29 is 33.3 Å². The number of hydrogen-bond acceptors (Lipinski definition) is 8. The van der Waals surface area contributed by atoms with Crippen LogP contribution in [-0.2, 0) is 28.6 Å². The van der Waals surface area contributed by atoms with E-state index in [1.54, 1.807) is 31.3 Å². The number of carbonyl (C=O) groups is 3. The number of benzene rings is 2. The highest BCUT2D eigenvalue weighted by Crippen LogP contribution is 2.29. The molecule has 0 aromatic heterocycles. The lowest BCUT2D eigenvalue weighted by atomic mass is 10.0. The molecule has 3 rings (SSSR count). The molecule has 0 radical (unpaired) electrons. The number of nitrogen functional groups attached to an aromatic ring is 1. The van der Waals surface area contributed by atoms with Crippen LogP contribution in [0.25, 0.3) is 11.1 Å². The van der Waals surface area contributed by atoms with Crippen LogP contribution in [0.3, 0.4) is 0 Å². The minimum atomic E-state index is -0.583. The molecule has 2 atom stereocenters. The number of likely N-dealkylation sites (tertiary alicyclic amines) is 1. The van der Waals surface area contributed by atoms with Crippen molar-refractivity contribution >= 4 is 23.6 Å². The molecule has 1 fully saturated rings. The first-order chi connectivity index (χ1) is 19.3. The number of ether oxygens (including phenoxy) is 4. The van der Waals surface area contributed by atoms with E-state index in [-0.39, 0.29) is 37.2 Å². The number of hydrogen-bond donors (Lipinski definition) is 2. The van der Waals surface area contributed by atoms with Crippen molar-refractivity contribution in [3.63, 3.8) is 0 Å². The van der Waals surface area contributed by atoms with Gasteiger partial charge in [-0.15, -0.1) is 0 Å². The van der Waals surface area contributed by atoms with Crippen LogP contribution in [0.2, 0.25) is 0 Å². The molecular formula is C29H38N4O7. The summed E-state index contributed by atoms with van der Waals surface area (Å²) < 4.78 is 21.1. The number of nitrogens with one attached hydrogen (secondary N) is 1. The van der Waals surface area contributed by atoms with Crippen LogP contribution in [0.15, 0.2) is 48.5 Å². The standard InChI is InChI=1S/C29H38N4O7/c1-37-14-12-32(13-15-38-2)26(34)18-33-24(16-23(29(33)36)17-27(35)39-3)19-40-25-10-8-21(9-11-25)20-4-6-22(7-5-20)28(30)31/h4-11,23-24H,12-19H2,1-3H3,(H3,30,31)/t23-,24-/m0/s1. The molecule has 1 saturated heterocycles. The van der Waals surface area contributed by atoms with Crippen LogP contribution >= 0.6 is 0 Å². The van der Waals surface area contributed by atoms with Gasteiger partial charge in [0.25, 0.3) is 0 Å². The van der Waals surface area contributed by atoms with E-state index in [0.29, 0.717) is 44.0 Å². The fraction of sp³-hybridized carbons (Fsp3) is 0.448. The van der Waals surface area contributed by atoms with Crippen LogP contribution < -0.4 is 10.5 Å². The minimum absolute atomic E-state index is 0.0166. The third-order valence-electron chi connectivity index (χ3n) is 6.89. The molecule has 1 aliphatic heterocycles. The zero-order valence-corrected chi connectivity index (χ0v) is 23.3. The molecule has 40 heavy (non-hydrogen) atoms. The van der Waals surface area contributed by atoms with Crippen LogP contribution in [0.4, 0.5) is 0 Å². The van der Waals surface area contributed by atoms with Gasteiger partial charge in [-0.25, -0.2) is 0 Å². The largest absolute Gasteiger partial charge is 0.491 e. The minimum Gasteiger partial charge on any atom is -0.491 e. The third kappa shape index (κ3) is 8.27. The average molecular weight is 555 g/mol. The quantitative estimate of drug-likeness (QED) is 0.193. The molecule has 2 aromatic carbocycles. The molecular weight excluding hydrogens is 516 g/mol. The Morgan fingerprint density at radius 2 is 1.55 bits per heavy atom. The predicted octanol–water partition coefficient (Wildman–Crippen LogP) is 1.92. The zero-order chi connectivity index (χ0) is 29.1. The lowest BCUT2D eigenvalue weighted by Gasteiger charge is -2.28. The molecule has 1 aliphatic rings. The molecule has 1 heterocycles. The van der Waals surface area contributed by atoms with Gasteiger partial charge in [0, 0.05) is 32.9 Å². The van der Waals surface area contributed by atoms with Gasteiger partial charge in [-0.2, -0.15) is 0 Å². The highest BCUT2D eigenvalue weighted by Gasteiger charge is 2.42. The fourth-order valence-corrected chi connectivity index (χ4v) is 4.58. The van der Waals surface area contributed by atoms with E-state index in [4.69, 9.17) is 30.1 Å². The molecule has 216 valence electrons. The highest BCUT2D eigenvalue weighted by atomic mass is 16.5. The second kappa shape index (κ2) is 15.0. The molecule has 3 N–H and O–H groups in total. The predicted molar refractivity (Wildman–Crippen MR) is 149 cm³/mol. The summed E-state index contributed by atoms with van der Waals surface area (Å²) in [6, 6.07) is 14.5. The monoisotopic (exact) mass is 554 g/mol. The Morgan fingerprint density at radius 3 is 2.08 bits per heavy atom. The summed E-state index contributed by atoms with van der Waals surface area (Å²) in [6.07, 6.45) is 0.322. The van der Waals surface area contributed by atoms with Crippen molar-refractivity contribution in [1.82, 2.24) is 9.80 Å². The topological polar surface area (TPSA) is 144 Å². The summed E-state index contributed by atoms with van der Waals surface area (Å²) in [5.41, 5.74) is 8.13. The first-order valence-electron chi connectivity index (χ1n) is 13.1. The SMILES string of the molecule is COCCN(CCOC)C(=O)CN1C(=O)[C@H](CC(=O)OC)C[C@H]1COc1ccc(-c2ccc(C(=N)N)cc2)cc1. The van der Waals surface area contributed by atoms with Gasteiger partial charge >= 0.3 is 5.97 Å². The summed E-state index contributed by atoms with van der Waals surface area (Å²) in [5.74, 6) is -0.925. The van der Waals surface area contributed by atoms with Gasteiger partial charge in [-0.1, -0.05) is 36.4 Å². The number of amides is 2. The molecule has 0 saturated carbocycles. The maximum absolute atomic E-state index is 13.3. The van der Waals surface area contributed by atoms with Gasteiger partial charge in [-0.05, 0) is 29.7 Å². The van der Waals surface area contributed by atoms with Crippen molar-refractivity contribution in [3.8, 4) is 16.9 Å². The Morgan fingerprint density at radius 1 is 0.975 bits per heavy atom. The Labute approximate surface area is 234 Å². The average Bonchev–Trinajstić information content (AvgIpc) is 3.25. The van der Waals surface area contributed by atoms with Crippen LogP contribution in [0.1, 0.15) is 18.4 Å². The number of methoxy groups -OCH3 is 3. The second-order valence-corrected chi connectivity index (χ2v) is 9.53. The fourth-order valence-electron chi connectivity index (χ4n) is 4.58. The highest BCUT2D eigenvalue weighted by molar-refractivity contribution is 5.95. The number of rotatable bonds is 15. The van der Waals surface area contributed by atoms with Crippen LogP contribution in [0.5, 0.6) is 5.75 Å². The molecule has 0 bridgehead atoms. The van der Waals surface area contributed by atoms with E-state index in [1.807, 2.05) is 36.4 Å². The van der Waals surface area contributed by atoms with E-state index >= 15 is 0 Å². The van der Waals surface area contributed by atoms with Crippen molar-refractivity contribution in [2.75, 3.05) is 60.8 Å². The first-order valence-corrected chi connectivity index (χ1v) is 13.1. The molecule has 0 unspecified atom stereocenters. The van der Waals surface area contributed by atoms with Crippen molar-refractivity contribution in [3.05, 3.63) is 54.1 Å². The summed E-state index contributed by atoms with van der Waals surface area (Å²) >= 11 is 0. The van der Waals surface area contributed by atoms with Gasteiger partial charge in [0.1, 0.15) is 24.7 Å². The van der Waals surface area contributed by atoms with E-state index in [9.17, 15) is 14.4 Å². The maximum atomic E-state index is 13.3. The van der Waals surface area contributed by atoms with E-state index in [2.05, 4.69) is 0 Å². The number of carbonyl (C=O) groups excluding carboxylic acids is 3. The van der Waals surface area contributed by atoms with Crippen LogP contribution in [-0.4, -0.2) is 100 Å². The summed E-state index contributed by atoms with van der Waals surface area (Å²) in [4.78, 5) is 41.5. The Kier molecular flexibility index (Phi) is 11.5. The zero-order valence-electron chi connectivity index (χ0n) is 23.3. The van der Waals surface area contributed by atoms with Gasteiger partial charge in [0.05, 0.1) is 38.7 Å². The molecule has 2 aromatic rings. The Bertz CT molecular complexity index is 1150.